The van der Waals surface area contributed by atoms with Gasteiger partial charge in [0.05, 0.1) is 30.5 Å². The van der Waals surface area contributed by atoms with E-state index in [1.165, 1.54) is 0 Å². The molecule has 0 radical (unpaired) electrons. The van der Waals surface area contributed by atoms with Gasteiger partial charge in [-0.25, -0.2) is 4.98 Å². The maximum absolute atomic E-state index is 13.3. The molecule has 2 saturated heterocycles. The fraction of sp³-hybridized carbons (Fsp3) is 0.320. The molecule has 8 nitrogen and oxygen atoms in total. The molecule has 170 valence electrons. The molecule has 2 fully saturated rings. The zero-order valence-electron chi connectivity index (χ0n) is 18.5. The third-order valence-corrected chi connectivity index (χ3v) is 6.34. The number of ether oxygens (including phenoxy) is 1. The lowest BCUT2D eigenvalue weighted by atomic mass is 9.96. The number of pyridine rings is 1. The molecule has 1 amide bonds. The smallest absolute Gasteiger partial charge is 0.295 e. The Bertz CT molecular complexity index is 1230. The van der Waals surface area contributed by atoms with E-state index in [2.05, 4.69) is 9.88 Å². The van der Waals surface area contributed by atoms with Crippen LogP contribution in [0.1, 0.15) is 23.0 Å². The molecule has 0 saturated carbocycles. The SMILES string of the molecule is Cc1nc2ccccn2c1C(O)=C1C(=O)C(=O)N(CCN2CCOCC2)C1c1ccccc1. The Morgan fingerprint density at radius 2 is 1.79 bits per heavy atom. The number of imidazole rings is 1. The highest BCUT2D eigenvalue weighted by atomic mass is 16.5. The maximum Gasteiger partial charge on any atom is 0.295 e. The fourth-order valence-corrected chi connectivity index (χ4v) is 4.69. The Labute approximate surface area is 191 Å². The van der Waals surface area contributed by atoms with Crippen molar-refractivity contribution in [1.82, 2.24) is 19.2 Å². The van der Waals surface area contributed by atoms with Gasteiger partial charge in [0.25, 0.3) is 11.7 Å². The number of rotatable bonds is 5. The van der Waals surface area contributed by atoms with Crippen LogP contribution in [0.2, 0.25) is 0 Å². The van der Waals surface area contributed by atoms with Crippen molar-refractivity contribution in [3.8, 4) is 0 Å². The molecule has 1 N–H and O–H groups in total. The fourth-order valence-electron chi connectivity index (χ4n) is 4.69. The number of Topliss-reactive ketones (excluding diaryl/α,β-unsaturated/α-hetero) is 1. The quantitative estimate of drug-likeness (QED) is 0.368. The number of aliphatic hydroxyl groups is 1. The minimum Gasteiger partial charge on any atom is -0.505 e. The first-order chi connectivity index (χ1) is 16.1. The average molecular weight is 447 g/mol. The molecule has 5 rings (SSSR count). The molecule has 0 bridgehead atoms. The molecule has 2 aromatic heterocycles. The van der Waals surface area contributed by atoms with E-state index in [4.69, 9.17) is 4.74 Å². The van der Waals surface area contributed by atoms with Gasteiger partial charge in [0, 0.05) is 32.4 Å². The van der Waals surface area contributed by atoms with Crippen molar-refractivity contribution >= 4 is 23.1 Å². The Kier molecular flexibility index (Phi) is 5.70. The summed E-state index contributed by atoms with van der Waals surface area (Å²) in [6.07, 6.45) is 1.79. The highest BCUT2D eigenvalue weighted by Crippen LogP contribution is 2.39. The molecule has 1 unspecified atom stereocenters. The van der Waals surface area contributed by atoms with Gasteiger partial charge < -0.3 is 14.7 Å². The predicted octanol–water partition coefficient (Wildman–Crippen LogP) is 2.40. The lowest BCUT2D eigenvalue weighted by Gasteiger charge is -2.31. The van der Waals surface area contributed by atoms with Crippen LogP contribution in [-0.4, -0.2) is 75.4 Å². The van der Waals surface area contributed by atoms with Gasteiger partial charge in [-0.05, 0) is 24.6 Å². The number of nitrogens with zero attached hydrogens (tertiary/aromatic N) is 4. The molecule has 1 atom stereocenters. The Morgan fingerprint density at radius 1 is 1.06 bits per heavy atom. The molecule has 2 aliphatic rings. The van der Waals surface area contributed by atoms with Crippen LogP contribution in [0, 0.1) is 6.92 Å². The number of ketones is 1. The van der Waals surface area contributed by atoms with E-state index < -0.39 is 17.7 Å². The minimum absolute atomic E-state index is 0.0990. The minimum atomic E-state index is -0.673. The number of carbonyl (C=O) groups is 2. The summed E-state index contributed by atoms with van der Waals surface area (Å²) < 4.78 is 7.16. The first-order valence-corrected chi connectivity index (χ1v) is 11.1. The van der Waals surface area contributed by atoms with Gasteiger partial charge in [-0.1, -0.05) is 36.4 Å². The van der Waals surface area contributed by atoms with Gasteiger partial charge in [0.2, 0.25) is 0 Å². The van der Waals surface area contributed by atoms with Gasteiger partial charge >= 0.3 is 0 Å². The lowest BCUT2D eigenvalue weighted by Crippen LogP contribution is -2.42. The van der Waals surface area contributed by atoms with E-state index in [0.29, 0.717) is 43.3 Å². The molecule has 33 heavy (non-hydrogen) atoms. The topological polar surface area (TPSA) is 87.4 Å². The molecular formula is C25H26N4O4. The summed E-state index contributed by atoms with van der Waals surface area (Å²) in [5, 5.41) is 11.4. The van der Waals surface area contributed by atoms with Crippen LogP contribution < -0.4 is 0 Å². The summed E-state index contributed by atoms with van der Waals surface area (Å²) >= 11 is 0. The standard InChI is InChI=1S/C25H26N4O4/c1-17-21(28-10-6-5-9-19(28)26-17)23(30)20-22(18-7-3-2-4-8-18)29(25(32)24(20)31)12-11-27-13-15-33-16-14-27/h2-10,22,30H,11-16H2,1H3. The van der Waals surface area contributed by atoms with Gasteiger partial charge in [0.1, 0.15) is 11.3 Å². The number of aryl methyl sites for hydroxylation is 1. The summed E-state index contributed by atoms with van der Waals surface area (Å²) in [7, 11) is 0. The van der Waals surface area contributed by atoms with Crippen molar-refractivity contribution in [3.05, 3.63) is 77.3 Å². The summed E-state index contributed by atoms with van der Waals surface area (Å²) in [5.74, 6) is -1.47. The van der Waals surface area contributed by atoms with E-state index in [1.54, 1.807) is 22.4 Å². The first-order valence-electron chi connectivity index (χ1n) is 11.1. The number of likely N-dealkylation sites (tertiary alicyclic amines) is 1. The largest absolute Gasteiger partial charge is 0.505 e. The lowest BCUT2D eigenvalue weighted by molar-refractivity contribution is -0.140. The number of fused-ring (bicyclic) bond motifs is 1. The van der Waals surface area contributed by atoms with Crippen LogP contribution in [0.15, 0.2) is 60.3 Å². The van der Waals surface area contributed by atoms with Crippen LogP contribution in [0.5, 0.6) is 0 Å². The normalized spacial score (nSPS) is 21.2. The number of aliphatic hydroxyl groups excluding tert-OH is 1. The molecule has 3 aromatic rings. The zero-order chi connectivity index (χ0) is 22.9. The van der Waals surface area contributed by atoms with Gasteiger partial charge in [0.15, 0.2) is 5.76 Å². The molecule has 0 spiro atoms. The van der Waals surface area contributed by atoms with E-state index >= 15 is 0 Å². The molecule has 1 aromatic carbocycles. The molecule has 2 aliphatic heterocycles. The van der Waals surface area contributed by atoms with Gasteiger partial charge in [-0.2, -0.15) is 0 Å². The van der Waals surface area contributed by atoms with Crippen molar-refractivity contribution in [2.45, 2.75) is 13.0 Å². The monoisotopic (exact) mass is 446 g/mol. The van der Waals surface area contributed by atoms with Crippen molar-refractivity contribution in [1.29, 1.82) is 0 Å². The van der Waals surface area contributed by atoms with E-state index in [9.17, 15) is 14.7 Å². The van der Waals surface area contributed by atoms with E-state index in [-0.39, 0.29) is 11.3 Å². The third kappa shape index (κ3) is 3.81. The highest BCUT2D eigenvalue weighted by Gasteiger charge is 2.46. The summed E-state index contributed by atoms with van der Waals surface area (Å²) in [6.45, 7) is 5.71. The number of hydrogen-bond acceptors (Lipinski definition) is 6. The second-order valence-electron chi connectivity index (χ2n) is 8.33. The number of aromatic nitrogens is 2. The van der Waals surface area contributed by atoms with Crippen LogP contribution in [0.4, 0.5) is 0 Å². The van der Waals surface area contributed by atoms with Crippen LogP contribution in [-0.2, 0) is 14.3 Å². The third-order valence-electron chi connectivity index (χ3n) is 6.34. The van der Waals surface area contributed by atoms with Crippen LogP contribution >= 0.6 is 0 Å². The molecule has 8 heteroatoms. The van der Waals surface area contributed by atoms with Gasteiger partial charge in [-0.15, -0.1) is 0 Å². The Balaban J connectivity index is 1.59. The number of morpholine rings is 1. The van der Waals surface area contributed by atoms with Crippen molar-refractivity contribution < 1.29 is 19.4 Å². The summed E-state index contributed by atoms with van der Waals surface area (Å²) in [6, 6.07) is 14.3. The van der Waals surface area contributed by atoms with Crippen LogP contribution in [0.25, 0.3) is 11.4 Å². The summed E-state index contributed by atoms with van der Waals surface area (Å²) in [4.78, 5) is 34.7. The molecular weight excluding hydrogens is 420 g/mol. The first kappa shape index (κ1) is 21.4. The number of hydrogen-bond donors (Lipinski definition) is 1. The van der Waals surface area contributed by atoms with Crippen LogP contribution in [0.3, 0.4) is 0 Å². The second kappa shape index (κ2) is 8.80. The average Bonchev–Trinajstić information content (AvgIpc) is 3.31. The second-order valence-corrected chi connectivity index (χ2v) is 8.33. The van der Waals surface area contributed by atoms with Crippen molar-refractivity contribution in [2.75, 3.05) is 39.4 Å². The Morgan fingerprint density at radius 3 is 2.55 bits per heavy atom. The van der Waals surface area contributed by atoms with Crippen molar-refractivity contribution in [2.24, 2.45) is 0 Å². The highest BCUT2D eigenvalue weighted by molar-refractivity contribution is 6.46. The number of carbonyl (C=O) groups excluding carboxylic acids is 2. The predicted molar refractivity (Wildman–Crippen MR) is 123 cm³/mol. The van der Waals surface area contributed by atoms with Gasteiger partial charge in [-0.3, -0.25) is 18.9 Å². The maximum atomic E-state index is 13.3. The van der Waals surface area contributed by atoms with Crippen molar-refractivity contribution in [3.63, 3.8) is 0 Å². The van der Waals surface area contributed by atoms with E-state index in [1.807, 2.05) is 48.5 Å². The molecule has 0 aliphatic carbocycles. The number of amides is 1. The Hall–Kier alpha value is -3.49. The molecule has 4 heterocycles. The van der Waals surface area contributed by atoms with E-state index in [0.717, 1.165) is 18.7 Å². The number of benzene rings is 1. The zero-order valence-corrected chi connectivity index (χ0v) is 18.5. The summed E-state index contributed by atoms with van der Waals surface area (Å²) in [5.41, 5.74) is 2.56.